The lowest BCUT2D eigenvalue weighted by Gasteiger charge is -2.33. The summed E-state index contributed by atoms with van der Waals surface area (Å²) in [4.78, 5) is 12.5. The first-order chi connectivity index (χ1) is 13.3. The normalized spacial score (nSPS) is 16.1. The number of amides is 1. The zero-order chi connectivity index (χ0) is 20.3. The third-order valence-electron chi connectivity index (χ3n) is 4.58. The summed E-state index contributed by atoms with van der Waals surface area (Å²) >= 11 is 0. The third-order valence-corrected chi connectivity index (χ3v) is 5.72. The Morgan fingerprint density at radius 2 is 1.96 bits per heavy atom. The van der Waals surface area contributed by atoms with Crippen molar-refractivity contribution >= 4 is 21.6 Å². The maximum Gasteiger partial charge on any atom is 0.263 e. The zero-order valence-corrected chi connectivity index (χ0v) is 17.0. The molecule has 1 aliphatic heterocycles. The molecule has 7 nitrogen and oxygen atoms in total. The molecule has 0 saturated heterocycles. The predicted molar refractivity (Wildman–Crippen MR) is 107 cm³/mol. The van der Waals surface area contributed by atoms with Crippen molar-refractivity contribution in [3.63, 3.8) is 0 Å². The van der Waals surface area contributed by atoms with E-state index in [2.05, 4.69) is 5.32 Å². The average Bonchev–Trinajstić information content (AvgIpc) is 2.66. The summed E-state index contributed by atoms with van der Waals surface area (Å²) < 4.78 is 36.8. The van der Waals surface area contributed by atoms with E-state index in [0.717, 1.165) is 17.6 Å². The molecule has 1 heterocycles. The molecule has 0 unspecified atom stereocenters. The Balaban J connectivity index is 1.58. The highest BCUT2D eigenvalue weighted by Gasteiger charge is 2.34. The standard InChI is InChI=1S/C20H24N2O5S/c1-14-8-9-16(12-15(14)2)26-11-10-21-20(23)19-13-22(28(3,24)25)17-6-4-5-7-18(17)27-19/h4-9,12,19H,10-11,13H2,1-3H3,(H,21,23)/t19-/m1/s1. The Hall–Kier alpha value is -2.74. The van der Waals surface area contributed by atoms with Crippen LogP contribution in [0.3, 0.4) is 0 Å². The van der Waals surface area contributed by atoms with Gasteiger partial charge in [0.1, 0.15) is 18.1 Å². The van der Waals surface area contributed by atoms with Crippen molar-refractivity contribution in [2.75, 3.05) is 30.3 Å². The molecule has 1 aliphatic rings. The van der Waals surface area contributed by atoms with Crippen LogP contribution in [0.4, 0.5) is 5.69 Å². The largest absolute Gasteiger partial charge is 0.492 e. The van der Waals surface area contributed by atoms with Crippen LogP contribution in [0.25, 0.3) is 0 Å². The number of nitrogens with zero attached hydrogens (tertiary/aromatic N) is 1. The van der Waals surface area contributed by atoms with E-state index in [-0.39, 0.29) is 19.0 Å². The maximum atomic E-state index is 12.5. The molecule has 8 heteroatoms. The van der Waals surface area contributed by atoms with Gasteiger partial charge < -0.3 is 14.8 Å². The van der Waals surface area contributed by atoms with Gasteiger partial charge in [-0.05, 0) is 49.2 Å². The summed E-state index contributed by atoms with van der Waals surface area (Å²) in [7, 11) is -3.53. The number of fused-ring (bicyclic) bond motifs is 1. The molecule has 3 rings (SSSR count). The van der Waals surface area contributed by atoms with Crippen LogP contribution in [0.1, 0.15) is 11.1 Å². The number of nitrogens with one attached hydrogen (secondary N) is 1. The Morgan fingerprint density at radius 1 is 1.21 bits per heavy atom. The Labute approximate surface area is 165 Å². The number of rotatable bonds is 6. The number of hydrogen-bond acceptors (Lipinski definition) is 5. The van der Waals surface area contributed by atoms with Crippen LogP contribution in [0, 0.1) is 13.8 Å². The Bertz CT molecular complexity index is 974. The lowest BCUT2D eigenvalue weighted by molar-refractivity contribution is -0.127. The number of ether oxygens (including phenoxy) is 2. The first-order valence-electron chi connectivity index (χ1n) is 8.97. The quantitative estimate of drug-likeness (QED) is 0.745. The second-order valence-corrected chi connectivity index (χ2v) is 8.66. The fourth-order valence-corrected chi connectivity index (χ4v) is 3.83. The molecule has 0 spiro atoms. The highest BCUT2D eigenvalue weighted by molar-refractivity contribution is 7.92. The van der Waals surface area contributed by atoms with Crippen molar-refractivity contribution in [2.24, 2.45) is 0 Å². The van der Waals surface area contributed by atoms with E-state index in [1.54, 1.807) is 24.3 Å². The topological polar surface area (TPSA) is 84.9 Å². The van der Waals surface area contributed by atoms with Crippen LogP contribution < -0.4 is 19.1 Å². The zero-order valence-electron chi connectivity index (χ0n) is 16.1. The van der Waals surface area contributed by atoms with E-state index in [1.165, 1.54) is 9.87 Å². The molecule has 2 aromatic rings. The van der Waals surface area contributed by atoms with Crippen molar-refractivity contribution in [2.45, 2.75) is 20.0 Å². The monoisotopic (exact) mass is 404 g/mol. The highest BCUT2D eigenvalue weighted by atomic mass is 32.2. The van der Waals surface area contributed by atoms with Crippen LogP contribution in [-0.2, 0) is 14.8 Å². The van der Waals surface area contributed by atoms with E-state index in [1.807, 2.05) is 32.0 Å². The molecular formula is C20H24N2O5S. The fourth-order valence-electron chi connectivity index (χ4n) is 2.91. The van der Waals surface area contributed by atoms with Gasteiger partial charge in [0.05, 0.1) is 25.0 Å². The Morgan fingerprint density at radius 3 is 2.68 bits per heavy atom. The van der Waals surface area contributed by atoms with E-state index in [4.69, 9.17) is 9.47 Å². The first-order valence-corrected chi connectivity index (χ1v) is 10.8. The molecule has 0 saturated carbocycles. The average molecular weight is 404 g/mol. The second-order valence-electron chi connectivity index (χ2n) is 6.75. The number of benzene rings is 2. The second kappa shape index (κ2) is 8.10. The molecule has 0 fully saturated rings. The van der Waals surface area contributed by atoms with Gasteiger partial charge in [-0.3, -0.25) is 9.10 Å². The predicted octanol–water partition coefficient (Wildman–Crippen LogP) is 2.03. The number of hydrogen-bond donors (Lipinski definition) is 1. The highest BCUT2D eigenvalue weighted by Crippen LogP contribution is 2.34. The van der Waals surface area contributed by atoms with Gasteiger partial charge in [-0.1, -0.05) is 18.2 Å². The van der Waals surface area contributed by atoms with Crippen molar-refractivity contribution in [3.05, 3.63) is 53.6 Å². The van der Waals surface area contributed by atoms with Crippen LogP contribution in [0.5, 0.6) is 11.5 Å². The van der Waals surface area contributed by atoms with E-state index in [0.29, 0.717) is 18.0 Å². The smallest absolute Gasteiger partial charge is 0.263 e. The summed E-state index contributed by atoms with van der Waals surface area (Å²) in [6.07, 6.45) is 0.188. The minimum absolute atomic E-state index is 0.0697. The fraction of sp³-hybridized carbons (Fsp3) is 0.350. The molecule has 0 radical (unpaired) electrons. The molecule has 1 amide bonds. The summed E-state index contributed by atoms with van der Waals surface area (Å²) in [6, 6.07) is 12.6. The number of anilines is 1. The molecule has 0 aromatic heterocycles. The van der Waals surface area contributed by atoms with Crippen LogP contribution in [0.15, 0.2) is 42.5 Å². The maximum absolute atomic E-state index is 12.5. The van der Waals surface area contributed by atoms with E-state index in [9.17, 15) is 13.2 Å². The van der Waals surface area contributed by atoms with Crippen LogP contribution in [-0.4, -0.2) is 46.4 Å². The number of carbonyl (C=O) groups is 1. The van der Waals surface area contributed by atoms with E-state index >= 15 is 0 Å². The van der Waals surface area contributed by atoms with Crippen LogP contribution in [0.2, 0.25) is 0 Å². The molecule has 1 N–H and O–H groups in total. The van der Waals surface area contributed by atoms with Crippen molar-refractivity contribution in [1.82, 2.24) is 5.32 Å². The third kappa shape index (κ3) is 4.56. The molecule has 28 heavy (non-hydrogen) atoms. The lowest BCUT2D eigenvalue weighted by Crippen LogP contribution is -2.51. The summed E-state index contributed by atoms with van der Waals surface area (Å²) in [6.45, 7) is 4.55. The Kier molecular flexibility index (Phi) is 5.79. The molecular weight excluding hydrogens is 380 g/mol. The van der Waals surface area contributed by atoms with Crippen molar-refractivity contribution in [3.8, 4) is 11.5 Å². The van der Waals surface area contributed by atoms with Crippen molar-refractivity contribution in [1.29, 1.82) is 0 Å². The van der Waals surface area contributed by atoms with Crippen molar-refractivity contribution < 1.29 is 22.7 Å². The number of aryl methyl sites for hydroxylation is 2. The SMILES string of the molecule is Cc1ccc(OCCNC(=O)[C@H]2CN(S(C)(=O)=O)c3ccccc3O2)cc1C. The van der Waals surface area contributed by atoms with Gasteiger partial charge in [0.15, 0.2) is 6.10 Å². The van der Waals surface area contributed by atoms with Gasteiger partial charge >= 0.3 is 0 Å². The molecule has 1 atom stereocenters. The molecule has 150 valence electrons. The summed E-state index contributed by atoms with van der Waals surface area (Å²) in [5.41, 5.74) is 2.76. The van der Waals surface area contributed by atoms with Gasteiger partial charge in [-0.2, -0.15) is 0 Å². The molecule has 2 aromatic carbocycles. The van der Waals surface area contributed by atoms with Gasteiger partial charge in [0, 0.05) is 0 Å². The minimum Gasteiger partial charge on any atom is -0.492 e. The van der Waals surface area contributed by atoms with Gasteiger partial charge in [-0.15, -0.1) is 0 Å². The lowest BCUT2D eigenvalue weighted by atomic mass is 10.1. The number of para-hydroxylation sites is 2. The summed E-state index contributed by atoms with van der Waals surface area (Å²) in [5.74, 6) is 0.723. The molecule has 0 bridgehead atoms. The number of sulfonamides is 1. The summed E-state index contributed by atoms with van der Waals surface area (Å²) in [5, 5.41) is 2.74. The number of carbonyl (C=O) groups excluding carboxylic acids is 1. The first kappa shape index (κ1) is 20.0. The van der Waals surface area contributed by atoms with Gasteiger partial charge in [-0.25, -0.2) is 8.42 Å². The van der Waals surface area contributed by atoms with Gasteiger partial charge in [0.2, 0.25) is 10.0 Å². The minimum atomic E-state index is -3.53. The van der Waals surface area contributed by atoms with E-state index < -0.39 is 16.1 Å². The van der Waals surface area contributed by atoms with Crippen LogP contribution >= 0.6 is 0 Å². The molecule has 0 aliphatic carbocycles. The van der Waals surface area contributed by atoms with Gasteiger partial charge in [0.25, 0.3) is 5.91 Å².